The molecule has 0 saturated heterocycles. The van der Waals surface area contributed by atoms with E-state index in [-0.39, 0.29) is 10.8 Å². The molecule has 5 nitrogen and oxygen atoms in total. The molecular formula is C12H8F2N4OS2. The van der Waals surface area contributed by atoms with Crippen molar-refractivity contribution in [1.82, 2.24) is 9.36 Å². The number of terminal acetylenes is 1. The summed E-state index contributed by atoms with van der Waals surface area (Å²) in [6.45, 7) is 0. The number of halogens is 2. The highest BCUT2D eigenvalue weighted by Crippen LogP contribution is 2.20. The Balaban J connectivity index is 1.95. The van der Waals surface area contributed by atoms with E-state index in [1.54, 1.807) is 0 Å². The third-order valence-electron chi connectivity index (χ3n) is 2.09. The fraction of sp³-hybridized carbons (Fsp3) is 0.0833. The second-order valence-corrected chi connectivity index (χ2v) is 5.27. The van der Waals surface area contributed by atoms with Gasteiger partial charge in [-0.25, -0.2) is 13.6 Å². The van der Waals surface area contributed by atoms with Gasteiger partial charge in [0.25, 0.3) is 0 Å². The minimum atomic E-state index is -0.868. The Labute approximate surface area is 127 Å². The van der Waals surface area contributed by atoms with Crippen molar-refractivity contribution in [2.75, 3.05) is 16.4 Å². The Kier molecular flexibility index (Phi) is 5.08. The second-order valence-electron chi connectivity index (χ2n) is 3.58. The van der Waals surface area contributed by atoms with Crippen LogP contribution < -0.4 is 10.6 Å². The molecule has 9 heteroatoms. The molecule has 2 rings (SSSR count). The molecule has 108 valence electrons. The molecule has 21 heavy (non-hydrogen) atoms. The number of nitrogens with zero attached hydrogens (tertiary/aromatic N) is 2. The van der Waals surface area contributed by atoms with Gasteiger partial charge >= 0.3 is 6.03 Å². The lowest BCUT2D eigenvalue weighted by atomic mass is 10.3. The number of rotatable bonds is 4. The summed E-state index contributed by atoms with van der Waals surface area (Å²) in [5.41, 5.74) is -0.139. The van der Waals surface area contributed by atoms with Crippen molar-refractivity contribution in [3.05, 3.63) is 29.8 Å². The van der Waals surface area contributed by atoms with Crippen LogP contribution in [0.5, 0.6) is 0 Å². The highest BCUT2D eigenvalue weighted by Gasteiger charge is 2.11. The lowest BCUT2D eigenvalue weighted by molar-refractivity contribution is 0.262. The number of anilines is 2. The van der Waals surface area contributed by atoms with Crippen LogP contribution in [0.25, 0.3) is 0 Å². The molecular weight excluding hydrogens is 318 g/mol. The largest absolute Gasteiger partial charge is 0.325 e. The number of benzene rings is 1. The first kappa shape index (κ1) is 15.2. The van der Waals surface area contributed by atoms with Crippen LogP contribution in [0.4, 0.5) is 24.4 Å². The second kappa shape index (κ2) is 7.01. The number of urea groups is 1. The maximum absolute atomic E-state index is 13.4. The summed E-state index contributed by atoms with van der Waals surface area (Å²) in [7, 11) is 0. The minimum Gasteiger partial charge on any atom is -0.305 e. The normalized spacial score (nSPS) is 9.95. The number of thioether (sulfide) groups is 1. The summed E-state index contributed by atoms with van der Waals surface area (Å²) in [5, 5.41) is 5.34. The molecule has 0 saturated carbocycles. The standard InChI is InChI=1S/C12H8F2N4OS2/c1-2-5-20-12-17-11(21-18-12)16-10(19)15-9-4-3-7(13)6-8(9)14/h1,3-4,6H,5H2,(H2,15,16,17,18,19). The van der Waals surface area contributed by atoms with Gasteiger partial charge in [0.2, 0.25) is 10.3 Å². The highest BCUT2D eigenvalue weighted by molar-refractivity contribution is 7.99. The number of carbonyl (C=O) groups is 1. The Morgan fingerprint density at radius 3 is 2.95 bits per heavy atom. The SMILES string of the molecule is C#CCSc1nsc(NC(=O)Nc2ccc(F)cc2F)n1. The molecule has 0 unspecified atom stereocenters. The number of hydrogen-bond donors (Lipinski definition) is 2. The van der Waals surface area contributed by atoms with Crippen molar-refractivity contribution in [2.24, 2.45) is 0 Å². The lowest BCUT2D eigenvalue weighted by Crippen LogP contribution is -2.20. The van der Waals surface area contributed by atoms with E-state index >= 15 is 0 Å². The smallest absolute Gasteiger partial charge is 0.305 e. The highest BCUT2D eigenvalue weighted by atomic mass is 32.2. The van der Waals surface area contributed by atoms with Gasteiger partial charge in [0.05, 0.1) is 11.4 Å². The van der Waals surface area contributed by atoms with Gasteiger partial charge in [-0.1, -0.05) is 17.7 Å². The molecule has 0 bridgehead atoms. The van der Waals surface area contributed by atoms with Crippen LogP contribution in [0.15, 0.2) is 23.4 Å². The predicted molar refractivity (Wildman–Crippen MR) is 78.5 cm³/mol. The van der Waals surface area contributed by atoms with Gasteiger partial charge in [-0.05, 0) is 12.1 Å². The average molecular weight is 326 g/mol. The summed E-state index contributed by atoms with van der Waals surface area (Å²) in [4.78, 5) is 15.7. The fourth-order valence-corrected chi connectivity index (χ4v) is 2.49. The third-order valence-corrected chi connectivity index (χ3v) is 3.59. The number of aromatic nitrogens is 2. The van der Waals surface area contributed by atoms with Gasteiger partial charge in [-0.2, -0.15) is 9.36 Å². The minimum absolute atomic E-state index is 0.139. The van der Waals surface area contributed by atoms with Crippen molar-refractivity contribution in [3.63, 3.8) is 0 Å². The molecule has 0 atom stereocenters. The molecule has 0 fully saturated rings. The Bertz CT molecular complexity index is 699. The van der Waals surface area contributed by atoms with Gasteiger partial charge in [-0.3, -0.25) is 5.32 Å². The first-order chi connectivity index (χ1) is 10.1. The molecule has 2 N–H and O–H groups in total. The fourth-order valence-electron chi connectivity index (χ4n) is 1.27. The zero-order valence-electron chi connectivity index (χ0n) is 10.4. The zero-order chi connectivity index (χ0) is 15.2. The van der Waals surface area contributed by atoms with E-state index in [2.05, 4.69) is 25.9 Å². The van der Waals surface area contributed by atoms with Crippen molar-refractivity contribution in [2.45, 2.75) is 5.16 Å². The van der Waals surface area contributed by atoms with Crippen LogP contribution in [-0.2, 0) is 0 Å². The van der Waals surface area contributed by atoms with Crippen LogP contribution in [0, 0.1) is 24.0 Å². The molecule has 1 aromatic carbocycles. The van der Waals surface area contributed by atoms with Crippen molar-refractivity contribution in [1.29, 1.82) is 0 Å². The number of nitrogens with one attached hydrogen (secondary N) is 2. The van der Waals surface area contributed by atoms with E-state index in [9.17, 15) is 13.6 Å². The van der Waals surface area contributed by atoms with Gasteiger partial charge < -0.3 is 5.32 Å². The van der Waals surface area contributed by atoms with Gasteiger partial charge in [0, 0.05) is 17.6 Å². The van der Waals surface area contributed by atoms with Crippen LogP contribution >= 0.6 is 23.3 Å². The van der Waals surface area contributed by atoms with Gasteiger partial charge in [0.1, 0.15) is 11.6 Å². The molecule has 0 spiro atoms. The van der Waals surface area contributed by atoms with E-state index in [0.29, 0.717) is 17.0 Å². The van der Waals surface area contributed by atoms with E-state index in [4.69, 9.17) is 6.42 Å². The van der Waals surface area contributed by atoms with E-state index < -0.39 is 17.7 Å². The maximum Gasteiger partial charge on any atom is 0.325 e. The predicted octanol–water partition coefficient (Wildman–Crippen LogP) is 3.19. The lowest BCUT2D eigenvalue weighted by Gasteiger charge is -2.05. The first-order valence-electron chi connectivity index (χ1n) is 5.51. The molecule has 0 aliphatic carbocycles. The molecule has 0 aliphatic heterocycles. The van der Waals surface area contributed by atoms with Crippen LogP contribution in [0.3, 0.4) is 0 Å². The van der Waals surface area contributed by atoms with Gasteiger partial charge in [0.15, 0.2) is 0 Å². The average Bonchev–Trinajstić information content (AvgIpc) is 2.87. The molecule has 1 heterocycles. The first-order valence-corrected chi connectivity index (χ1v) is 7.27. The molecule has 0 radical (unpaired) electrons. The molecule has 0 aliphatic rings. The zero-order valence-corrected chi connectivity index (χ0v) is 12.0. The van der Waals surface area contributed by atoms with Crippen molar-refractivity contribution in [3.8, 4) is 12.3 Å². The van der Waals surface area contributed by atoms with E-state index in [0.717, 1.165) is 23.7 Å². The van der Waals surface area contributed by atoms with Crippen LogP contribution in [0.1, 0.15) is 0 Å². The number of hydrogen-bond acceptors (Lipinski definition) is 5. The summed E-state index contributed by atoms with van der Waals surface area (Å²) >= 11 is 2.22. The number of carbonyl (C=O) groups excluding carboxylic acids is 1. The maximum atomic E-state index is 13.4. The van der Waals surface area contributed by atoms with E-state index in [1.807, 2.05) is 0 Å². The summed E-state index contributed by atoms with van der Waals surface area (Å²) in [5.74, 6) is 1.25. The topological polar surface area (TPSA) is 66.9 Å². The van der Waals surface area contributed by atoms with Gasteiger partial charge in [-0.15, -0.1) is 6.42 Å². The number of amides is 2. The Morgan fingerprint density at radius 1 is 1.43 bits per heavy atom. The third kappa shape index (κ3) is 4.40. The summed E-state index contributed by atoms with van der Waals surface area (Å²) in [6, 6.07) is 2.14. The Hall–Kier alpha value is -2.18. The Morgan fingerprint density at radius 2 is 2.24 bits per heavy atom. The molecule has 2 amide bonds. The molecule has 2 aromatic rings. The van der Waals surface area contributed by atoms with Crippen LogP contribution in [0.2, 0.25) is 0 Å². The summed E-state index contributed by atoms with van der Waals surface area (Å²) in [6.07, 6.45) is 5.11. The summed E-state index contributed by atoms with van der Waals surface area (Å²) < 4.78 is 30.1. The van der Waals surface area contributed by atoms with Crippen LogP contribution in [-0.4, -0.2) is 21.1 Å². The van der Waals surface area contributed by atoms with Crippen molar-refractivity contribution < 1.29 is 13.6 Å². The van der Waals surface area contributed by atoms with E-state index in [1.165, 1.54) is 11.8 Å². The quantitative estimate of drug-likeness (QED) is 0.669. The van der Waals surface area contributed by atoms with Crippen molar-refractivity contribution >= 4 is 40.1 Å². The molecule has 1 aromatic heterocycles. The monoisotopic (exact) mass is 326 g/mol.